The third kappa shape index (κ3) is 7.17. The standard InChI is InChI=1S/C25H41N5O2/c1-26-25(28-23-6-11-29(12-7-23)18-22-10-15-32-19-22)27-16-20-2-4-21(5-3-20)17-30-13-8-24(31)9-14-30/h2-5,22-24,31H,6-19H2,1H3,(H2,26,27,28). The van der Waals surface area contributed by atoms with Crippen molar-refractivity contribution in [3.8, 4) is 0 Å². The minimum absolute atomic E-state index is 0.109. The molecule has 7 nitrogen and oxygen atoms in total. The molecule has 0 bridgehead atoms. The van der Waals surface area contributed by atoms with E-state index in [1.165, 1.54) is 24.1 Å². The molecule has 3 aliphatic rings. The Hall–Kier alpha value is -1.67. The first kappa shape index (κ1) is 23.5. The van der Waals surface area contributed by atoms with Crippen LogP contribution in [-0.2, 0) is 17.8 Å². The van der Waals surface area contributed by atoms with Crippen LogP contribution in [0.4, 0.5) is 0 Å². The molecule has 0 saturated carbocycles. The second-order valence-corrected chi connectivity index (χ2v) is 9.70. The lowest BCUT2D eigenvalue weighted by molar-refractivity contribution is 0.0792. The van der Waals surface area contributed by atoms with Crippen LogP contribution < -0.4 is 10.6 Å². The number of benzene rings is 1. The van der Waals surface area contributed by atoms with Crippen LogP contribution in [0.25, 0.3) is 0 Å². The van der Waals surface area contributed by atoms with E-state index < -0.39 is 0 Å². The monoisotopic (exact) mass is 443 g/mol. The van der Waals surface area contributed by atoms with Crippen molar-refractivity contribution >= 4 is 5.96 Å². The van der Waals surface area contributed by atoms with E-state index in [1.807, 2.05) is 7.05 Å². The van der Waals surface area contributed by atoms with Crippen LogP contribution in [0.3, 0.4) is 0 Å². The Balaban J connectivity index is 1.15. The van der Waals surface area contributed by atoms with Gasteiger partial charge in [-0.1, -0.05) is 24.3 Å². The van der Waals surface area contributed by atoms with E-state index in [0.29, 0.717) is 6.04 Å². The molecule has 0 radical (unpaired) electrons. The summed E-state index contributed by atoms with van der Waals surface area (Å²) in [6.07, 6.45) is 5.22. The molecule has 1 aromatic carbocycles. The molecule has 3 aliphatic heterocycles. The molecular formula is C25H41N5O2. The Labute approximate surface area is 193 Å². The predicted octanol–water partition coefficient (Wildman–Crippen LogP) is 1.81. The number of aliphatic imine (C=N–C) groups is 1. The Morgan fingerprint density at radius 1 is 1.00 bits per heavy atom. The van der Waals surface area contributed by atoms with Gasteiger partial charge in [0.2, 0.25) is 0 Å². The number of ether oxygens (including phenoxy) is 1. The first-order valence-electron chi connectivity index (χ1n) is 12.4. The summed E-state index contributed by atoms with van der Waals surface area (Å²) in [4.78, 5) is 9.47. The molecule has 32 heavy (non-hydrogen) atoms. The number of rotatable bonds is 7. The summed E-state index contributed by atoms with van der Waals surface area (Å²) < 4.78 is 5.52. The second kappa shape index (κ2) is 12.0. The van der Waals surface area contributed by atoms with Gasteiger partial charge >= 0.3 is 0 Å². The number of hydrogen-bond donors (Lipinski definition) is 3. The Bertz CT molecular complexity index is 704. The SMILES string of the molecule is CN=C(NCc1ccc(CN2CCC(O)CC2)cc1)NC1CCN(CC2CCOC2)CC1. The minimum Gasteiger partial charge on any atom is -0.393 e. The molecule has 1 atom stereocenters. The van der Waals surface area contributed by atoms with E-state index in [2.05, 4.69) is 49.7 Å². The fraction of sp³-hybridized carbons (Fsp3) is 0.720. The van der Waals surface area contributed by atoms with Gasteiger partial charge in [0.05, 0.1) is 12.7 Å². The minimum atomic E-state index is -0.109. The van der Waals surface area contributed by atoms with Crippen LogP contribution in [0.2, 0.25) is 0 Å². The van der Waals surface area contributed by atoms with Gasteiger partial charge in [-0.05, 0) is 49.1 Å². The van der Waals surface area contributed by atoms with Crippen molar-refractivity contribution in [1.82, 2.24) is 20.4 Å². The molecule has 3 fully saturated rings. The maximum absolute atomic E-state index is 9.67. The summed E-state index contributed by atoms with van der Waals surface area (Å²) in [5.74, 6) is 1.62. The van der Waals surface area contributed by atoms with Crippen LogP contribution in [0.1, 0.15) is 43.2 Å². The van der Waals surface area contributed by atoms with Crippen molar-refractivity contribution in [2.24, 2.45) is 10.9 Å². The van der Waals surface area contributed by atoms with Crippen LogP contribution in [0.15, 0.2) is 29.3 Å². The highest BCUT2D eigenvalue weighted by molar-refractivity contribution is 5.79. The summed E-state index contributed by atoms with van der Waals surface area (Å²) >= 11 is 0. The largest absolute Gasteiger partial charge is 0.393 e. The summed E-state index contributed by atoms with van der Waals surface area (Å²) in [6, 6.07) is 9.36. The third-order valence-electron chi connectivity index (χ3n) is 7.14. The number of hydrogen-bond acceptors (Lipinski definition) is 5. The number of aliphatic hydroxyl groups is 1. The molecule has 3 N–H and O–H groups in total. The second-order valence-electron chi connectivity index (χ2n) is 9.70. The molecule has 1 unspecified atom stereocenters. The molecule has 4 rings (SSSR count). The number of likely N-dealkylation sites (tertiary alicyclic amines) is 2. The summed E-state index contributed by atoms with van der Waals surface area (Å²) in [7, 11) is 1.85. The van der Waals surface area contributed by atoms with Gasteiger partial charge in [-0.25, -0.2) is 0 Å². The summed E-state index contributed by atoms with van der Waals surface area (Å²) in [6.45, 7) is 9.10. The quantitative estimate of drug-likeness (QED) is 0.441. The molecule has 3 saturated heterocycles. The molecule has 0 aliphatic carbocycles. The molecule has 1 aromatic rings. The number of nitrogens with one attached hydrogen (secondary N) is 2. The fourth-order valence-corrected chi connectivity index (χ4v) is 5.02. The number of piperidine rings is 2. The highest BCUT2D eigenvalue weighted by Crippen LogP contribution is 2.18. The molecule has 7 heteroatoms. The topological polar surface area (TPSA) is 72.4 Å². The Morgan fingerprint density at radius 2 is 1.69 bits per heavy atom. The van der Waals surface area contributed by atoms with Gasteiger partial charge in [0, 0.05) is 65.5 Å². The Kier molecular flexibility index (Phi) is 8.79. The van der Waals surface area contributed by atoms with Gasteiger partial charge in [-0.3, -0.25) is 9.89 Å². The number of aliphatic hydroxyl groups excluding tert-OH is 1. The normalized spacial score (nSPS) is 24.7. The van der Waals surface area contributed by atoms with Gasteiger partial charge in [0.1, 0.15) is 0 Å². The van der Waals surface area contributed by atoms with E-state index in [9.17, 15) is 5.11 Å². The lowest BCUT2D eigenvalue weighted by Crippen LogP contribution is -2.49. The lowest BCUT2D eigenvalue weighted by atomic mass is 10.0. The van der Waals surface area contributed by atoms with Crippen molar-refractivity contribution in [2.75, 3.05) is 53.0 Å². The Morgan fingerprint density at radius 3 is 2.34 bits per heavy atom. The molecule has 0 spiro atoms. The van der Waals surface area contributed by atoms with Crippen LogP contribution in [0, 0.1) is 5.92 Å². The van der Waals surface area contributed by atoms with Crippen molar-refractivity contribution in [3.63, 3.8) is 0 Å². The van der Waals surface area contributed by atoms with Crippen LogP contribution in [0.5, 0.6) is 0 Å². The molecular weight excluding hydrogens is 402 g/mol. The number of guanidine groups is 1. The van der Waals surface area contributed by atoms with Gasteiger partial charge in [0.15, 0.2) is 5.96 Å². The highest BCUT2D eigenvalue weighted by Gasteiger charge is 2.24. The maximum atomic E-state index is 9.67. The zero-order chi connectivity index (χ0) is 22.2. The van der Waals surface area contributed by atoms with Crippen molar-refractivity contribution in [3.05, 3.63) is 35.4 Å². The smallest absolute Gasteiger partial charge is 0.191 e. The zero-order valence-corrected chi connectivity index (χ0v) is 19.6. The zero-order valence-electron chi connectivity index (χ0n) is 19.6. The average molecular weight is 444 g/mol. The number of nitrogens with zero attached hydrogens (tertiary/aromatic N) is 3. The lowest BCUT2D eigenvalue weighted by Gasteiger charge is -2.34. The van der Waals surface area contributed by atoms with Gasteiger partial charge in [-0.15, -0.1) is 0 Å². The van der Waals surface area contributed by atoms with Crippen molar-refractivity contribution in [1.29, 1.82) is 0 Å². The van der Waals surface area contributed by atoms with Crippen LogP contribution >= 0.6 is 0 Å². The molecule has 178 valence electrons. The van der Waals surface area contributed by atoms with E-state index in [0.717, 1.165) is 90.0 Å². The predicted molar refractivity (Wildman–Crippen MR) is 129 cm³/mol. The van der Waals surface area contributed by atoms with Gasteiger partial charge in [-0.2, -0.15) is 0 Å². The van der Waals surface area contributed by atoms with Crippen molar-refractivity contribution < 1.29 is 9.84 Å². The summed E-state index contributed by atoms with van der Waals surface area (Å²) in [5.41, 5.74) is 2.60. The van der Waals surface area contributed by atoms with E-state index in [1.54, 1.807) is 0 Å². The highest BCUT2D eigenvalue weighted by atomic mass is 16.5. The molecule has 3 heterocycles. The third-order valence-corrected chi connectivity index (χ3v) is 7.14. The van der Waals surface area contributed by atoms with E-state index >= 15 is 0 Å². The fourth-order valence-electron chi connectivity index (χ4n) is 5.02. The first-order chi connectivity index (χ1) is 15.7. The van der Waals surface area contributed by atoms with E-state index in [-0.39, 0.29) is 6.10 Å². The average Bonchev–Trinajstić information content (AvgIpc) is 3.33. The van der Waals surface area contributed by atoms with Gasteiger partial charge in [0.25, 0.3) is 0 Å². The van der Waals surface area contributed by atoms with Crippen molar-refractivity contribution in [2.45, 2.75) is 57.3 Å². The molecule has 0 aromatic heterocycles. The van der Waals surface area contributed by atoms with Gasteiger partial charge < -0.3 is 25.4 Å². The summed E-state index contributed by atoms with van der Waals surface area (Å²) in [5, 5.41) is 16.8. The molecule has 0 amide bonds. The maximum Gasteiger partial charge on any atom is 0.191 e. The first-order valence-corrected chi connectivity index (χ1v) is 12.4. The van der Waals surface area contributed by atoms with E-state index in [4.69, 9.17) is 4.74 Å². The van der Waals surface area contributed by atoms with Crippen LogP contribution in [-0.4, -0.2) is 86.0 Å².